The van der Waals surface area contributed by atoms with Crippen LogP contribution in [-0.4, -0.2) is 19.0 Å². The molecular formula is C12H12BrNO3. The van der Waals surface area contributed by atoms with E-state index in [1.807, 2.05) is 30.3 Å². The molecule has 0 aliphatic rings. The second-order valence-electron chi connectivity index (χ2n) is 3.04. The van der Waals surface area contributed by atoms with E-state index < -0.39 is 5.97 Å². The first-order chi connectivity index (χ1) is 8.20. The number of esters is 1. The van der Waals surface area contributed by atoms with Gasteiger partial charge in [0, 0.05) is 0 Å². The molecule has 0 saturated heterocycles. The Hall–Kier alpha value is -1.62. The van der Waals surface area contributed by atoms with Crippen LogP contribution in [0.4, 0.5) is 0 Å². The smallest absolute Gasteiger partial charge is 0.356 e. The molecule has 0 atom stereocenters. The van der Waals surface area contributed by atoms with Gasteiger partial charge in [0.1, 0.15) is 5.70 Å². The average molecular weight is 298 g/mol. The summed E-state index contributed by atoms with van der Waals surface area (Å²) in [5.74, 6) is -0.574. The minimum Gasteiger partial charge on any atom is -0.461 e. The highest BCUT2D eigenvalue weighted by atomic mass is 79.9. The molecule has 0 bridgehead atoms. The lowest BCUT2D eigenvalue weighted by Crippen LogP contribution is -2.22. The maximum Gasteiger partial charge on any atom is 0.356 e. The molecule has 1 rings (SSSR count). The van der Waals surface area contributed by atoms with Gasteiger partial charge in [-0.05, 0) is 28.4 Å². The third-order valence-corrected chi connectivity index (χ3v) is 2.78. The molecule has 0 fully saturated rings. The normalized spacial score (nSPS) is 11.4. The van der Waals surface area contributed by atoms with E-state index in [1.54, 1.807) is 6.92 Å². The molecule has 0 heterocycles. The number of hydrogen-bond acceptors (Lipinski definition) is 3. The monoisotopic (exact) mass is 297 g/mol. The molecular weight excluding hydrogens is 286 g/mol. The number of nitrogens with one attached hydrogen (secondary N) is 1. The standard InChI is InChI=1S/C12H12BrNO3/c1-2-17-12(16)11(14-8-15)10(13)9-6-4-3-5-7-9/h3-8H,2H2,1H3,(H,14,15)/b11-10+. The molecule has 90 valence electrons. The minimum atomic E-state index is -0.574. The molecule has 0 saturated carbocycles. The Bertz CT molecular complexity index is 429. The van der Waals surface area contributed by atoms with Gasteiger partial charge < -0.3 is 10.1 Å². The van der Waals surface area contributed by atoms with Crippen molar-refractivity contribution in [2.75, 3.05) is 6.61 Å². The molecule has 0 aromatic heterocycles. The molecule has 5 heteroatoms. The van der Waals surface area contributed by atoms with E-state index in [0.29, 0.717) is 10.9 Å². The first kappa shape index (κ1) is 13.4. The van der Waals surface area contributed by atoms with Crippen LogP contribution in [-0.2, 0) is 14.3 Å². The third kappa shape index (κ3) is 3.71. The molecule has 0 spiro atoms. The van der Waals surface area contributed by atoms with Crippen LogP contribution in [0.25, 0.3) is 4.48 Å². The zero-order valence-electron chi connectivity index (χ0n) is 9.27. The molecule has 1 aromatic carbocycles. The largest absolute Gasteiger partial charge is 0.461 e. The van der Waals surface area contributed by atoms with Crippen molar-refractivity contribution in [3.63, 3.8) is 0 Å². The summed E-state index contributed by atoms with van der Waals surface area (Å²) in [6, 6.07) is 9.16. The lowest BCUT2D eigenvalue weighted by molar-refractivity contribution is -0.139. The molecule has 0 aliphatic heterocycles. The van der Waals surface area contributed by atoms with Gasteiger partial charge in [-0.25, -0.2) is 4.79 Å². The van der Waals surface area contributed by atoms with Crippen molar-refractivity contribution in [1.29, 1.82) is 0 Å². The number of amides is 1. The topological polar surface area (TPSA) is 55.4 Å². The third-order valence-electron chi connectivity index (χ3n) is 1.93. The highest BCUT2D eigenvalue weighted by molar-refractivity contribution is 9.15. The molecule has 1 amide bonds. The van der Waals surface area contributed by atoms with E-state index >= 15 is 0 Å². The molecule has 0 unspecified atom stereocenters. The van der Waals surface area contributed by atoms with Gasteiger partial charge in [0.05, 0.1) is 11.1 Å². The van der Waals surface area contributed by atoms with Gasteiger partial charge in [0.25, 0.3) is 0 Å². The second kappa shape index (κ2) is 6.85. The summed E-state index contributed by atoms with van der Waals surface area (Å²) in [6.07, 6.45) is 0.441. The van der Waals surface area contributed by atoms with Crippen molar-refractivity contribution in [2.45, 2.75) is 6.92 Å². The van der Waals surface area contributed by atoms with Gasteiger partial charge in [-0.15, -0.1) is 0 Å². The summed E-state index contributed by atoms with van der Waals surface area (Å²) in [6.45, 7) is 1.95. The van der Waals surface area contributed by atoms with E-state index in [-0.39, 0.29) is 12.3 Å². The fourth-order valence-electron chi connectivity index (χ4n) is 1.20. The van der Waals surface area contributed by atoms with Crippen LogP contribution in [0.15, 0.2) is 36.0 Å². The van der Waals surface area contributed by atoms with Crippen LogP contribution in [0.2, 0.25) is 0 Å². The fraction of sp³-hybridized carbons (Fsp3) is 0.167. The van der Waals surface area contributed by atoms with E-state index in [2.05, 4.69) is 21.2 Å². The van der Waals surface area contributed by atoms with Crippen LogP contribution < -0.4 is 5.32 Å². The molecule has 4 nitrogen and oxygen atoms in total. The summed E-state index contributed by atoms with van der Waals surface area (Å²) >= 11 is 3.28. The second-order valence-corrected chi connectivity index (χ2v) is 3.83. The Morgan fingerprint density at radius 2 is 2.06 bits per heavy atom. The SMILES string of the molecule is CCOC(=O)/C(NC=O)=C(\Br)c1ccccc1. The van der Waals surface area contributed by atoms with Crippen LogP contribution in [0.5, 0.6) is 0 Å². The van der Waals surface area contributed by atoms with Crippen molar-refractivity contribution < 1.29 is 14.3 Å². The number of carbonyl (C=O) groups excluding carboxylic acids is 2. The zero-order valence-corrected chi connectivity index (χ0v) is 10.9. The highest BCUT2D eigenvalue weighted by Gasteiger charge is 2.15. The average Bonchev–Trinajstić information content (AvgIpc) is 2.36. The number of hydrogen-bond donors (Lipinski definition) is 1. The molecule has 1 aromatic rings. The van der Waals surface area contributed by atoms with Crippen LogP contribution in [0, 0.1) is 0 Å². The molecule has 17 heavy (non-hydrogen) atoms. The van der Waals surface area contributed by atoms with Crippen molar-refractivity contribution >= 4 is 32.8 Å². The number of halogens is 1. The Balaban J connectivity index is 3.10. The van der Waals surface area contributed by atoms with E-state index in [4.69, 9.17) is 4.74 Å². The number of ether oxygens (including phenoxy) is 1. The fourth-order valence-corrected chi connectivity index (χ4v) is 1.74. The van der Waals surface area contributed by atoms with E-state index in [1.165, 1.54) is 0 Å². The summed E-state index contributed by atoms with van der Waals surface area (Å²) in [4.78, 5) is 22.1. The van der Waals surface area contributed by atoms with Crippen LogP contribution in [0.3, 0.4) is 0 Å². The van der Waals surface area contributed by atoms with E-state index in [9.17, 15) is 9.59 Å². The predicted molar refractivity (Wildman–Crippen MR) is 68.1 cm³/mol. The van der Waals surface area contributed by atoms with Crippen molar-refractivity contribution in [1.82, 2.24) is 5.32 Å². The lowest BCUT2D eigenvalue weighted by Gasteiger charge is -2.08. The van der Waals surface area contributed by atoms with Crippen LogP contribution in [0.1, 0.15) is 12.5 Å². The van der Waals surface area contributed by atoms with Gasteiger partial charge in [0.2, 0.25) is 6.41 Å². The Morgan fingerprint density at radius 1 is 1.41 bits per heavy atom. The predicted octanol–water partition coefficient (Wildman–Crippen LogP) is 2.06. The van der Waals surface area contributed by atoms with Crippen LogP contribution >= 0.6 is 15.9 Å². The molecule has 0 radical (unpaired) electrons. The molecule has 1 N–H and O–H groups in total. The zero-order chi connectivity index (χ0) is 12.7. The van der Waals surface area contributed by atoms with Gasteiger partial charge >= 0.3 is 5.97 Å². The summed E-state index contributed by atoms with van der Waals surface area (Å²) < 4.78 is 5.34. The first-order valence-corrected chi connectivity index (χ1v) is 5.82. The maximum absolute atomic E-state index is 11.6. The van der Waals surface area contributed by atoms with E-state index in [0.717, 1.165) is 5.56 Å². The number of rotatable bonds is 5. The Kier molecular flexibility index (Phi) is 5.42. The summed E-state index contributed by atoms with van der Waals surface area (Å²) in [5, 5.41) is 2.34. The minimum absolute atomic E-state index is 0.0908. The highest BCUT2D eigenvalue weighted by Crippen LogP contribution is 2.24. The maximum atomic E-state index is 11.6. The van der Waals surface area contributed by atoms with Gasteiger partial charge in [-0.1, -0.05) is 30.3 Å². The van der Waals surface area contributed by atoms with Crippen molar-refractivity contribution in [2.24, 2.45) is 0 Å². The van der Waals surface area contributed by atoms with Gasteiger partial charge in [-0.2, -0.15) is 0 Å². The number of benzene rings is 1. The first-order valence-electron chi connectivity index (χ1n) is 5.03. The molecule has 0 aliphatic carbocycles. The number of carbonyl (C=O) groups is 2. The Morgan fingerprint density at radius 3 is 2.59 bits per heavy atom. The van der Waals surface area contributed by atoms with Crippen molar-refractivity contribution in [3.8, 4) is 0 Å². The van der Waals surface area contributed by atoms with Gasteiger partial charge in [0.15, 0.2) is 0 Å². The van der Waals surface area contributed by atoms with Gasteiger partial charge in [-0.3, -0.25) is 4.79 Å². The Labute approximate surface area is 108 Å². The summed E-state index contributed by atoms with van der Waals surface area (Å²) in [5.41, 5.74) is 0.873. The van der Waals surface area contributed by atoms with Crippen molar-refractivity contribution in [3.05, 3.63) is 41.6 Å². The summed E-state index contributed by atoms with van der Waals surface area (Å²) in [7, 11) is 0. The quantitative estimate of drug-likeness (QED) is 0.514. The lowest BCUT2D eigenvalue weighted by atomic mass is 10.2.